The predicted molar refractivity (Wildman–Crippen MR) is 105 cm³/mol. The predicted octanol–water partition coefficient (Wildman–Crippen LogP) is 3.28. The van der Waals surface area contributed by atoms with Crippen LogP contribution in [0.3, 0.4) is 0 Å². The number of rotatable bonds is 6. The summed E-state index contributed by atoms with van der Waals surface area (Å²) in [5.74, 6) is -0.582. The van der Waals surface area contributed by atoms with Crippen molar-refractivity contribution in [1.82, 2.24) is 10.3 Å². The number of hydrogen-bond donors (Lipinski definition) is 1. The van der Waals surface area contributed by atoms with E-state index in [2.05, 4.69) is 15.4 Å². The Morgan fingerprint density at radius 1 is 1.19 bits per heavy atom. The van der Waals surface area contributed by atoms with Crippen LogP contribution in [0.25, 0.3) is 0 Å². The number of fused-ring (bicyclic) bond motifs is 1. The number of benzene rings is 1. The van der Waals surface area contributed by atoms with Crippen LogP contribution < -0.4 is 10.3 Å². The zero-order chi connectivity index (χ0) is 19.4. The van der Waals surface area contributed by atoms with E-state index in [0.717, 1.165) is 19.3 Å². The largest absolute Gasteiger partial charge is 0.350 e. The average molecular weight is 407 g/mol. The highest BCUT2D eigenvalue weighted by Crippen LogP contribution is 2.35. The lowest BCUT2D eigenvalue weighted by atomic mass is 10.2. The van der Waals surface area contributed by atoms with Crippen molar-refractivity contribution in [2.45, 2.75) is 31.1 Å². The highest BCUT2D eigenvalue weighted by Gasteiger charge is 2.38. The van der Waals surface area contributed by atoms with Gasteiger partial charge >= 0.3 is 0 Å². The highest BCUT2D eigenvalue weighted by molar-refractivity contribution is 8.08. The molecular formula is C18H19ClN4O3S. The van der Waals surface area contributed by atoms with Crippen molar-refractivity contribution in [2.24, 2.45) is 5.10 Å². The highest BCUT2D eigenvalue weighted by atomic mass is 35.5. The molecule has 2 aromatic rings. The number of nitrogens with one attached hydrogen (secondary N) is 1. The summed E-state index contributed by atoms with van der Waals surface area (Å²) in [5, 5.41) is 8.08. The van der Waals surface area contributed by atoms with Gasteiger partial charge in [0.2, 0.25) is 14.9 Å². The number of hydrazone groups is 1. The fourth-order valence-electron chi connectivity index (χ4n) is 2.63. The van der Waals surface area contributed by atoms with E-state index >= 15 is 0 Å². The number of halogens is 1. The summed E-state index contributed by atoms with van der Waals surface area (Å²) < 4.78 is 25.8. The summed E-state index contributed by atoms with van der Waals surface area (Å²) in [6.45, 7) is 2.44. The number of hydrogen-bond acceptors (Lipinski definition) is 6. The zero-order valence-corrected chi connectivity index (χ0v) is 16.3. The van der Waals surface area contributed by atoms with Gasteiger partial charge in [0.15, 0.2) is 5.82 Å². The average Bonchev–Trinajstić information content (AvgIpc) is 2.66. The minimum atomic E-state index is -4.07. The van der Waals surface area contributed by atoms with Gasteiger partial charge in [-0.3, -0.25) is 4.79 Å². The third-order valence-electron chi connectivity index (χ3n) is 4.02. The van der Waals surface area contributed by atoms with Gasteiger partial charge in [-0.25, -0.2) is 18.4 Å². The molecule has 9 heteroatoms. The second kappa shape index (κ2) is 8.06. The van der Waals surface area contributed by atoms with Gasteiger partial charge < -0.3 is 5.32 Å². The summed E-state index contributed by atoms with van der Waals surface area (Å²) in [6.07, 6.45) is 4.19. The van der Waals surface area contributed by atoms with Gasteiger partial charge in [-0.05, 0) is 42.8 Å². The smallest absolute Gasteiger partial charge is 0.283 e. The monoisotopic (exact) mass is 406 g/mol. The van der Waals surface area contributed by atoms with Crippen molar-refractivity contribution in [3.8, 4) is 0 Å². The fourth-order valence-corrected chi connectivity index (χ4v) is 4.11. The fraction of sp³-hybridized carbons (Fsp3) is 0.278. The van der Waals surface area contributed by atoms with Gasteiger partial charge in [0.1, 0.15) is 4.90 Å². The van der Waals surface area contributed by atoms with E-state index in [1.807, 2.05) is 6.92 Å². The van der Waals surface area contributed by atoms with Gasteiger partial charge in [0, 0.05) is 17.8 Å². The Morgan fingerprint density at radius 2 is 1.93 bits per heavy atom. The van der Waals surface area contributed by atoms with Gasteiger partial charge in [-0.2, -0.15) is 0 Å². The molecule has 1 N–H and O–H groups in total. The quantitative estimate of drug-likeness (QED) is 0.743. The van der Waals surface area contributed by atoms with E-state index in [1.165, 1.54) is 23.3 Å². The molecule has 0 unspecified atom stereocenters. The molecule has 1 aromatic carbocycles. The molecule has 0 saturated heterocycles. The molecule has 0 atom stereocenters. The Morgan fingerprint density at radius 3 is 2.63 bits per heavy atom. The molecule has 27 heavy (non-hydrogen) atoms. The lowest BCUT2D eigenvalue weighted by Crippen LogP contribution is -2.40. The first-order valence-corrected chi connectivity index (χ1v) is 10.4. The van der Waals surface area contributed by atoms with Crippen molar-refractivity contribution < 1.29 is 13.2 Å². The normalized spacial score (nSPS) is 15.0. The molecule has 1 aromatic heterocycles. The molecule has 0 spiro atoms. The number of anilines is 2. The van der Waals surface area contributed by atoms with Gasteiger partial charge in [0.05, 0.1) is 5.69 Å². The topological polar surface area (TPSA) is 91.7 Å². The third kappa shape index (κ3) is 3.96. The lowest BCUT2D eigenvalue weighted by Gasteiger charge is -2.26. The molecule has 1 amide bonds. The van der Waals surface area contributed by atoms with Crippen LogP contribution in [0.5, 0.6) is 0 Å². The minimum absolute atomic E-state index is 0.0614. The Labute approximate surface area is 163 Å². The van der Waals surface area contributed by atoms with E-state index in [4.69, 9.17) is 11.6 Å². The van der Waals surface area contributed by atoms with Crippen LogP contribution in [-0.2, 0) is 14.6 Å². The molecule has 0 bridgehead atoms. The Bertz CT molecular complexity index is 974. The second-order valence-electron chi connectivity index (χ2n) is 5.98. The van der Waals surface area contributed by atoms with Crippen molar-refractivity contribution in [1.29, 1.82) is 0 Å². The van der Waals surface area contributed by atoms with Crippen molar-refractivity contribution in [2.75, 3.05) is 11.6 Å². The Hall–Kier alpha value is -2.45. The Balaban J connectivity index is 2.01. The maximum atomic E-state index is 12.9. The molecule has 142 valence electrons. The van der Waals surface area contributed by atoms with Crippen LogP contribution in [0.1, 0.15) is 26.2 Å². The van der Waals surface area contributed by atoms with E-state index < -0.39 is 20.8 Å². The van der Waals surface area contributed by atoms with Crippen LogP contribution in [0.4, 0.5) is 11.5 Å². The standard InChI is InChI=1S/C18H19ClN4O3S/c1-2-3-4-11-21-17(24)18-22-23(14-9-7-13(19)8-10-14)16-15(27(18,25)26)6-5-12-20-16/h5-10,12H,2-4,11H2,1H3,(H,21,24). The molecular weight excluding hydrogens is 388 g/mol. The van der Waals surface area contributed by atoms with Crippen LogP contribution in [-0.4, -0.2) is 30.9 Å². The van der Waals surface area contributed by atoms with Gasteiger partial charge in [-0.15, -0.1) is 5.10 Å². The molecule has 1 aliphatic heterocycles. The van der Waals surface area contributed by atoms with E-state index in [0.29, 0.717) is 17.3 Å². The molecule has 1 aliphatic rings. The molecule has 0 saturated carbocycles. The van der Waals surface area contributed by atoms with E-state index in [9.17, 15) is 13.2 Å². The summed E-state index contributed by atoms with van der Waals surface area (Å²) in [6, 6.07) is 9.60. The summed E-state index contributed by atoms with van der Waals surface area (Å²) in [7, 11) is -4.07. The molecule has 0 fully saturated rings. The second-order valence-corrected chi connectivity index (χ2v) is 8.25. The third-order valence-corrected chi connectivity index (χ3v) is 5.94. The van der Waals surface area contributed by atoms with Crippen LogP contribution >= 0.6 is 11.6 Å². The lowest BCUT2D eigenvalue weighted by molar-refractivity contribution is -0.114. The van der Waals surface area contributed by atoms with E-state index in [1.54, 1.807) is 24.3 Å². The van der Waals surface area contributed by atoms with Crippen LogP contribution in [0, 0.1) is 0 Å². The first-order valence-electron chi connectivity index (χ1n) is 8.57. The van der Waals surface area contributed by atoms with Crippen molar-refractivity contribution >= 4 is 43.9 Å². The summed E-state index contributed by atoms with van der Waals surface area (Å²) in [4.78, 5) is 16.6. The maximum absolute atomic E-state index is 12.9. The molecule has 0 radical (unpaired) electrons. The minimum Gasteiger partial charge on any atom is -0.350 e. The summed E-state index contributed by atoms with van der Waals surface area (Å²) >= 11 is 5.93. The number of pyridine rings is 1. The van der Waals surface area contributed by atoms with E-state index in [-0.39, 0.29) is 10.7 Å². The number of amides is 1. The number of aromatic nitrogens is 1. The number of sulfone groups is 1. The number of carbonyl (C=O) groups is 1. The molecule has 7 nitrogen and oxygen atoms in total. The first kappa shape index (κ1) is 19.3. The molecule has 2 heterocycles. The molecule has 0 aliphatic carbocycles. The van der Waals surface area contributed by atoms with Gasteiger partial charge in [0.25, 0.3) is 5.91 Å². The van der Waals surface area contributed by atoms with Crippen LogP contribution in [0.2, 0.25) is 5.02 Å². The van der Waals surface area contributed by atoms with Crippen molar-refractivity contribution in [3.05, 3.63) is 47.6 Å². The van der Waals surface area contributed by atoms with Crippen molar-refractivity contribution in [3.63, 3.8) is 0 Å². The maximum Gasteiger partial charge on any atom is 0.283 e. The first-order chi connectivity index (χ1) is 12.9. The number of nitrogens with zero attached hydrogens (tertiary/aromatic N) is 3. The SMILES string of the molecule is CCCCCNC(=O)C1=NN(c2ccc(Cl)cc2)c2ncccc2S1(=O)=O. The zero-order valence-electron chi connectivity index (χ0n) is 14.7. The number of unbranched alkanes of at least 4 members (excludes halogenated alkanes) is 2. The van der Waals surface area contributed by atoms with Crippen LogP contribution in [0.15, 0.2) is 52.6 Å². The Kier molecular flexibility index (Phi) is 5.76. The number of carbonyl (C=O) groups excluding carboxylic acids is 1. The van der Waals surface area contributed by atoms with Gasteiger partial charge in [-0.1, -0.05) is 31.4 Å². The molecule has 3 rings (SSSR count). The summed E-state index contributed by atoms with van der Waals surface area (Å²) in [5.41, 5.74) is 0.547.